The van der Waals surface area contributed by atoms with Crippen LogP contribution in [0, 0.1) is 11.6 Å². The van der Waals surface area contributed by atoms with Crippen molar-refractivity contribution in [1.82, 2.24) is 15.1 Å². The van der Waals surface area contributed by atoms with E-state index in [9.17, 15) is 23.5 Å². The topological polar surface area (TPSA) is 98.9 Å². The van der Waals surface area contributed by atoms with Crippen molar-refractivity contribution in [3.63, 3.8) is 0 Å². The molecular formula is C21H22F2N4O3. The molecule has 0 aliphatic carbocycles. The lowest BCUT2D eigenvalue weighted by atomic mass is 9.94. The molecule has 0 spiro atoms. The van der Waals surface area contributed by atoms with Gasteiger partial charge in [0, 0.05) is 48.6 Å². The van der Waals surface area contributed by atoms with Crippen molar-refractivity contribution in [3.05, 3.63) is 70.3 Å². The Morgan fingerprint density at radius 2 is 2.13 bits per heavy atom. The summed E-state index contributed by atoms with van der Waals surface area (Å²) in [5.41, 5.74) is 7.00. The summed E-state index contributed by atoms with van der Waals surface area (Å²) in [4.78, 5) is 29.1. The zero-order valence-corrected chi connectivity index (χ0v) is 16.4. The summed E-state index contributed by atoms with van der Waals surface area (Å²) in [7, 11) is 0. The van der Waals surface area contributed by atoms with Gasteiger partial charge in [0.05, 0.1) is 11.6 Å². The van der Waals surface area contributed by atoms with E-state index < -0.39 is 23.6 Å². The van der Waals surface area contributed by atoms with Crippen LogP contribution in [0.5, 0.6) is 0 Å². The van der Waals surface area contributed by atoms with Crippen molar-refractivity contribution in [2.45, 2.75) is 32.0 Å². The molecule has 2 atom stereocenters. The van der Waals surface area contributed by atoms with E-state index >= 15 is 0 Å². The van der Waals surface area contributed by atoms with E-state index in [4.69, 9.17) is 5.73 Å². The first-order valence-electron chi connectivity index (χ1n) is 9.67. The highest BCUT2D eigenvalue weighted by atomic mass is 19.1. The molecule has 2 fully saturated rings. The average molecular weight is 416 g/mol. The summed E-state index contributed by atoms with van der Waals surface area (Å²) in [5.74, 6) is -2.80. The monoisotopic (exact) mass is 416 g/mol. The molecule has 0 bridgehead atoms. The number of benzene rings is 1. The van der Waals surface area contributed by atoms with E-state index in [0.29, 0.717) is 25.2 Å². The van der Waals surface area contributed by atoms with E-state index in [2.05, 4.69) is 11.9 Å². The third-order valence-electron chi connectivity index (χ3n) is 5.80. The van der Waals surface area contributed by atoms with Gasteiger partial charge in [0.1, 0.15) is 11.6 Å². The maximum absolute atomic E-state index is 13.9. The minimum atomic E-state index is -0.778. The van der Waals surface area contributed by atoms with Gasteiger partial charge in [-0.15, -0.1) is 0 Å². The van der Waals surface area contributed by atoms with Crippen LogP contribution in [0.1, 0.15) is 18.9 Å². The second kappa shape index (κ2) is 7.24. The Bertz CT molecular complexity index is 1030. The molecule has 3 heterocycles. The van der Waals surface area contributed by atoms with Crippen LogP contribution in [0.4, 0.5) is 8.78 Å². The molecule has 0 radical (unpaired) electrons. The van der Waals surface area contributed by atoms with Crippen LogP contribution in [-0.4, -0.2) is 51.9 Å². The van der Waals surface area contributed by atoms with Crippen LogP contribution >= 0.6 is 0 Å². The van der Waals surface area contributed by atoms with Crippen LogP contribution in [0.2, 0.25) is 0 Å². The first-order chi connectivity index (χ1) is 14.2. The van der Waals surface area contributed by atoms with Gasteiger partial charge in [0.15, 0.2) is 11.5 Å². The van der Waals surface area contributed by atoms with Crippen molar-refractivity contribution in [1.29, 1.82) is 0 Å². The molecular weight excluding hydrogens is 394 g/mol. The van der Waals surface area contributed by atoms with Crippen LogP contribution in [0.15, 0.2) is 53.1 Å². The lowest BCUT2D eigenvalue weighted by Gasteiger charge is -2.42. The van der Waals surface area contributed by atoms with Gasteiger partial charge in [-0.3, -0.25) is 9.59 Å². The van der Waals surface area contributed by atoms with Gasteiger partial charge in [-0.1, -0.05) is 12.6 Å². The Morgan fingerprint density at radius 3 is 2.80 bits per heavy atom. The molecule has 0 saturated carbocycles. The number of carbonyl (C=O) groups excluding carboxylic acids is 2. The van der Waals surface area contributed by atoms with Gasteiger partial charge < -0.3 is 26.0 Å². The van der Waals surface area contributed by atoms with E-state index in [-0.39, 0.29) is 46.7 Å². The predicted molar refractivity (Wildman–Crippen MR) is 104 cm³/mol. The molecule has 2 saturated heterocycles. The quantitative estimate of drug-likeness (QED) is 0.690. The largest absolute Gasteiger partial charge is 0.505 e. The van der Waals surface area contributed by atoms with E-state index in [1.54, 1.807) is 9.80 Å². The molecule has 158 valence electrons. The smallest absolute Gasteiger partial charge is 0.274 e. The number of carbonyl (C=O) groups is 2. The number of amides is 2. The van der Waals surface area contributed by atoms with Crippen molar-refractivity contribution >= 4 is 11.8 Å². The van der Waals surface area contributed by atoms with Crippen LogP contribution in [0.3, 0.4) is 0 Å². The molecule has 1 aromatic rings. The molecule has 3 aliphatic heterocycles. The van der Waals surface area contributed by atoms with Gasteiger partial charge in [-0.25, -0.2) is 8.78 Å². The Labute approximate surface area is 172 Å². The summed E-state index contributed by atoms with van der Waals surface area (Å²) < 4.78 is 27.0. The maximum atomic E-state index is 13.9. The van der Waals surface area contributed by atoms with Crippen molar-refractivity contribution < 1.29 is 23.5 Å². The van der Waals surface area contributed by atoms with E-state index in [0.717, 1.165) is 12.1 Å². The summed E-state index contributed by atoms with van der Waals surface area (Å²) >= 11 is 0. The predicted octanol–water partition coefficient (Wildman–Crippen LogP) is 1.44. The summed E-state index contributed by atoms with van der Waals surface area (Å²) in [6, 6.07) is 2.40. The van der Waals surface area contributed by atoms with Gasteiger partial charge in [0.25, 0.3) is 11.8 Å². The number of piperazine rings is 1. The van der Waals surface area contributed by atoms with E-state index in [1.165, 1.54) is 6.07 Å². The fourth-order valence-corrected chi connectivity index (χ4v) is 4.33. The number of halogens is 2. The highest BCUT2D eigenvalue weighted by molar-refractivity contribution is 6.04. The first kappa shape index (κ1) is 20.1. The van der Waals surface area contributed by atoms with Crippen LogP contribution in [-0.2, 0) is 16.1 Å². The molecule has 2 unspecified atom stereocenters. The third kappa shape index (κ3) is 2.97. The van der Waals surface area contributed by atoms with Gasteiger partial charge in [0.2, 0.25) is 0 Å². The molecule has 4 N–H and O–H groups in total. The number of aliphatic hydroxyl groups excluding tert-OH is 1. The zero-order valence-electron chi connectivity index (χ0n) is 16.4. The molecule has 7 nitrogen and oxygen atoms in total. The molecule has 4 rings (SSSR count). The second-order valence-electron chi connectivity index (χ2n) is 7.56. The molecule has 30 heavy (non-hydrogen) atoms. The van der Waals surface area contributed by atoms with Crippen LogP contribution < -0.4 is 11.1 Å². The SMILES string of the molecule is C=C1C(O)=C2C(=O)N(CC)CC3CC(N)C(=C1C(=O)NCc1ccc(F)cc1F)N23. The van der Waals surface area contributed by atoms with E-state index in [1.807, 2.05) is 6.92 Å². The Balaban J connectivity index is 1.67. The van der Waals surface area contributed by atoms with Crippen molar-refractivity contribution in [2.24, 2.45) is 5.73 Å². The number of nitrogens with one attached hydrogen (secondary N) is 1. The lowest BCUT2D eigenvalue weighted by molar-refractivity contribution is -0.132. The number of allylic oxidation sites excluding steroid dienone is 1. The molecule has 0 aromatic heterocycles. The zero-order chi connectivity index (χ0) is 21.7. The normalized spacial score (nSPS) is 23.3. The number of hydrogen-bond acceptors (Lipinski definition) is 5. The number of aliphatic hydroxyl groups is 1. The Hall–Kier alpha value is -3.20. The fraction of sp³-hybridized carbons (Fsp3) is 0.333. The molecule has 9 heteroatoms. The Kier molecular flexibility index (Phi) is 4.85. The average Bonchev–Trinajstić information content (AvgIpc) is 3.02. The number of nitrogens with two attached hydrogens (primary N) is 1. The molecule has 1 aromatic carbocycles. The second-order valence-corrected chi connectivity index (χ2v) is 7.56. The number of rotatable bonds is 4. The summed E-state index contributed by atoms with van der Waals surface area (Å²) in [6.45, 7) is 6.39. The van der Waals surface area contributed by atoms with Crippen LogP contribution in [0.25, 0.3) is 0 Å². The first-order valence-corrected chi connectivity index (χ1v) is 9.67. The summed E-state index contributed by atoms with van der Waals surface area (Å²) in [5, 5.41) is 13.3. The maximum Gasteiger partial charge on any atom is 0.274 e. The minimum Gasteiger partial charge on any atom is -0.505 e. The third-order valence-corrected chi connectivity index (χ3v) is 5.80. The standard InChI is InChI=1S/C21H22F2N4O3/c1-3-26-9-13-7-15(24)17-16(10(2)19(28)18(21(26)30)27(13)17)20(29)25-8-11-4-5-12(22)6-14(11)23/h4-6,13,15,28H,2-3,7-9,24H2,1H3,(H,25,29). The Morgan fingerprint density at radius 1 is 1.40 bits per heavy atom. The number of nitrogens with zero attached hydrogens (tertiary/aromatic N) is 2. The number of hydrogen-bond donors (Lipinski definition) is 3. The molecule has 2 amide bonds. The highest BCUT2D eigenvalue weighted by Gasteiger charge is 2.50. The fourth-order valence-electron chi connectivity index (χ4n) is 4.33. The minimum absolute atomic E-state index is 0.00395. The van der Waals surface area contributed by atoms with Gasteiger partial charge >= 0.3 is 0 Å². The van der Waals surface area contributed by atoms with Gasteiger partial charge in [-0.05, 0) is 19.4 Å². The lowest BCUT2D eigenvalue weighted by Crippen LogP contribution is -2.53. The number of likely N-dealkylation sites (N-methyl/N-ethyl adjacent to an activating group) is 1. The molecule has 3 aliphatic rings. The highest BCUT2D eigenvalue weighted by Crippen LogP contribution is 2.44. The summed E-state index contributed by atoms with van der Waals surface area (Å²) in [6.07, 6.45) is 0.506. The van der Waals surface area contributed by atoms with Gasteiger partial charge in [-0.2, -0.15) is 0 Å². The van der Waals surface area contributed by atoms with Crippen molar-refractivity contribution in [2.75, 3.05) is 13.1 Å². The van der Waals surface area contributed by atoms with Crippen molar-refractivity contribution in [3.8, 4) is 0 Å².